The number of hydrogen-bond acceptors (Lipinski definition) is 5. The molecule has 0 aliphatic carbocycles. The molecule has 2 aliphatic rings. The van der Waals surface area contributed by atoms with E-state index in [2.05, 4.69) is 36.0 Å². The number of ether oxygens (including phenoxy) is 2. The van der Waals surface area contributed by atoms with Gasteiger partial charge in [0.15, 0.2) is 17.5 Å². The lowest BCUT2D eigenvalue weighted by Gasteiger charge is -2.27. The molecule has 9 heteroatoms. The summed E-state index contributed by atoms with van der Waals surface area (Å²) in [7, 11) is 3.87. The van der Waals surface area contributed by atoms with Crippen LogP contribution in [0.5, 0.6) is 11.5 Å². The third-order valence-corrected chi connectivity index (χ3v) is 5.21. The van der Waals surface area contributed by atoms with Crippen LogP contribution in [0.15, 0.2) is 23.2 Å². The van der Waals surface area contributed by atoms with E-state index < -0.39 is 0 Å². The molecule has 0 amide bonds. The van der Waals surface area contributed by atoms with Crippen LogP contribution in [0.1, 0.15) is 23.6 Å². The Balaban J connectivity index is 0.00000225. The lowest BCUT2D eigenvalue weighted by atomic mass is 9.99. The summed E-state index contributed by atoms with van der Waals surface area (Å²) in [5, 5.41) is 11.9. The summed E-state index contributed by atoms with van der Waals surface area (Å²) >= 11 is 0. The quantitative estimate of drug-likeness (QED) is 0.396. The maximum absolute atomic E-state index is 5.47. The van der Waals surface area contributed by atoms with Crippen LogP contribution in [0.2, 0.25) is 0 Å². The van der Waals surface area contributed by atoms with Crippen LogP contribution in [0, 0.1) is 12.8 Å². The normalized spacial score (nSPS) is 17.7. The van der Waals surface area contributed by atoms with Gasteiger partial charge in [0.1, 0.15) is 11.6 Å². The maximum atomic E-state index is 5.47. The van der Waals surface area contributed by atoms with Gasteiger partial charge in [-0.3, -0.25) is 4.99 Å². The second-order valence-corrected chi connectivity index (χ2v) is 7.15. The van der Waals surface area contributed by atoms with Gasteiger partial charge in [-0.25, -0.2) is 0 Å². The van der Waals surface area contributed by atoms with Gasteiger partial charge in [0.2, 0.25) is 6.79 Å². The van der Waals surface area contributed by atoms with Crippen LogP contribution in [0.3, 0.4) is 0 Å². The van der Waals surface area contributed by atoms with Crippen LogP contribution in [0.25, 0.3) is 0 Å². The number of aryl methyl sites for hydroxylation is 2. The van der Waals surface area contributed by atoms with E-state index in [1.807, 2.05) is 33.2 Å². The average molecular weight is 498 g/mol. The van der Waals surface area contributed by atoms with Crippen molar-refractivity contribution in [3.63, 3.8) is 0 Å². The van der Waals surface area contributed by atoms with E-state index in [1.54, 1.807) is 0 Å². The summed E-state index contributed by atoms with van der Waals surface area (Å²) in [6.07, 6.45) is 2.10. The topological polar surface area (TPSA) is 76.8 Å². The minimum atomic E-state index is 0. The molecule has 0 bridgehead atoms. The summed E-state index contributed by atoms with van der Waals surface area (Å²) in [6, 6.07) is 6.06. The molecule has 1 aromatic heterocycles. The van der Waals surface area contributed by atoms with Crippen LogP contribution >= 0.6 is 24.0 Å². The van der Waals surface area contributed by atoms with Crippen LogP contribution in [-0.2, 0) is 19.5 Å². The molecule has 1 atom stereocenters. The lowest BCUT2D eigenvalue weighted by molar-refractivity contribution is 0.174. The minimum absolute atomic E-state index is 0. The molecular weight excluding hydrogens is 471 g/mol. The van der Waals surface area contributed by atoms with E-state index >= 15 is 0 Å². The molecule has 0 spiro atoms. The number of halogens is 1. The number of aromatic nitrogens is 3. The van der Waals surface area contributed by atoms with Crippen molar-refractivity contribution in [2.45, 2.75) is 32.9 Å². The summed E-state index contributed by atoms with van der Waals surface area (Å²) in [4.78, 5) is 6.56. The molecule has 1 N–H and O–H groups in total. The molecule has 8 nitrogen and oxygen atoms in total. The standard InChI is InChI=1S/C19H26N6O2.HI/c1-13-22-23-18-7-5-15(11-25(13)18)9-21-19(20-2)24(3)10-14-4-6-16-17(8-14)27-12-26-16;/h4,6,8,15H,5,7,9-12H2,1-3H3,(H,20,21);1H. The molecule has 152 valence electrons. The van der Waals surface area contributed by atoms with Crippen LogP contribution in [-0.4, -0.2) is 53.1 Å². The fourth-order valence-electron chi connectivity index (χ4n) is 3.70. The highest BCUT2D eigenvalue weighted by molar-refractivity contribution is 14.0. The molecule has 2 aliphatic heterocycles. The fourth-order valence-corrected chi connectivity index (χ4v) is 3.70. The first-order chi connectivity index (χ1) is 13.1. The Morgan fingerprint density at radius 1 is 1.32 bits per heavy atom. The monoisotopic (exact) mass is 498 g/mol. The largest absolute Gasteiger partial charge is 0.454 e. The molecule has 1 aromatic carbocycles. The van der Waals surface area contributed by atoms with Gasteiger partial charge in [-0.2, -0.15) is 0 Å². The Morgan fingerprint density at radius 3 is 2.96 bits per heavy atom. The van der Waals surface area contributed by atoms with E-state index in [0.29, 0.717) is 12.7 Å². The number of aliphatic imine (C=N–C) groups is 1. The molecule has 0 saturated heterocycles. The smallest absolute Gasteiger partial charge is 0.231 e. The molecule has 3 heterocycles. The number of guanidine groups is 1. The zero-order valence-electron chi connectivity index (χ0n) is 16.5. The molecule has 2 aromatic rings. The minimum Gasteiger partial charge on any atom is -0.454 e. The zero-order valence-corrected chi connectivity index (χ0v) is 18.8. The van der Waals surface area contributed by atoms with Gasteiger partial charge in [-0.15, -0.1) is 34.2 Å². The number of rotatable bonds is 4. The summed E-state index contributed by atoms with van der Waals surface area (Å²) in [5.74, 6) is 5.16. The predicted octanol–water partition coefficient (Wildman–Crippen LogP) is 2.20. The van der Waals surface area contributed by atoms with Gasteiger partial charge in [-0.1, -0.05) is 6.07 Å². The third-order valence-electron chi connectivity index (χ3n) is 5.21. The highest BCUT2D eigenvalue weighted by Crippen LogP contribution is 2.32. The van der Waals surface area contributed by atoms with Crippen LogP contribution < -0.4 is 14.8 Å². The van der Waals surface area contributed by atoms with Crippen molar-refractivity contribution in [1.82, 2.24) is 25.0 Å². The van der Waals surface area contributed by atoms with Gasteiger partial charge in [0.25, 0.3) is 0 Å². The summed E-state index contributed by atoms with van der Waals surface area (Å²) in [5.41, 5.74) is 1.16. The Morgan fingerprint density at radius 2 is 2.14 bits per heavy atom. The molecular formula is C19H27IN6O2. The molecule has 0 fully saturated rings. The maximum Gasteiger partial charge on any atom is 0.231 e. The number of fused-ring (bicyclic) bond motifs is 2. The highest BCUT2D eigenvalue weighted by Gasteiger charge is 2.22. The SMILES string of the molecule is CN=C(NCC1CCc2nnc(C)n2C1)N(C)Cc1ccc2c(c1)OCO2.I. The lowest BCUT2D eigenvalue weighted by Crippen LogP contribution is -2.42. The average Bonchev–Trinajstić information content (AvgIpc) is 3.28. The van der Waals surface area contributed by atoms with E-state index in [4.69, 9.17) is 9.47 Å². The van der Waals surface area contributed by atoms with Crippen molar-refractivity contribution < 1.29 is 9.47 Å². The fraction of sp³-hybridized carbons (Fsp3) is 0.526. The van der Waals surface area contributed by atoms with E-state index in [1.165, 1.54) is 0 Å². The number of nitrogens with one attached hydrogen (secondary N) is 1. The van der Waals surface area contributed by atoms with E-state index in [-0.39, 0.29) is 24.0 Å². The van der Waals surface area contributed by atoms with Gasteiger partial charge in [0, 0.05) is 40.2 Å². The van der Waals surface area contributed by atoms with Gasteiger partial charge in [0.05, 0.1) is 0 Å². The molecule has 0 saturated carbocycles. The van der Waals surface area contributed by atoms with Gasteiger partial charge < -0.3 is 24.3 Å². The Bertz CT molecular complexity index is 853. The Kier molecular flexibility index (Phi) is 6.63. The van der Waals surface area contributed by atoms with Crippen molar-refractivity contribution in [2.24, 2.45) is 10.9 Å². The predicted molar refractivity (Wildman–Crippen MR) is 117 cm³/mol. The first-order valence-electron chi connectivity index (χ1n) is 9.33. The van der Waals surface area contributed by atoms with Gasteiger partial charge in [-0.05, 0) is 37.0 Å². The Hall–Kier alpha value is -2.04. The third kappa shape index (κ3) is 4.34. The van der Waals surface area contributed by atoms with E-state index in [0.717, 1.165) is 67.1 Å². The van der Waals surface area contributed by atoms with Crippen molar-refractivity contribution in [2.75, 3.05) is 27.4 Å². The van der Waals surface area contributed by atoms with Crippen molar-refractivity contribution >= 4 is 29.9 Å². The first-order valence-corrected chi connectivity index (χ1v) is 9.33. The van der Waals surface area contributed by atoms with Gasteiger partial charge >= 0.3 is 0 Å². The number of nitrogens with zero attached hydrogens (tertiary/aromatic N) is 5. The van der Waals surface area contributed by atoms with Crippen molar-refractivity contribution in [3.05, 3.63) is 35.4 Å². The van der Waals surface area contributed by atoms with Crippen molar-refractivity contribution in [1.29, 1.82) is 0 Å². The highest BCUT2D eigenvalue weighted by atomic mass is 127. The second kappa shape index (κ2) is 8.97. The number of hydrogen-bond donors (Lipinski definition) is 1. The van der Waals surface area contributed by atoms with Crippen molar-refractivity contribution in [3.8, 4) is 11.5 Å². The molecule has 4 rings (SSSR count). The first kappa shape index (κ1) is 20.7. The molecule has 0 radical (unpaired) electrons. The molecule has 28 heavy (non-hydrogen) atoms. The number of benzene rings is 1. The van der Waals surface area contributed by atoms with Crippen LogP contribution in [0.4, 0.5) is 0 Å². The molecule has 1 unspecified atom stereocenters. The Labute approximate surface area is 182 Å². The summed E-state index contributed by atoms with van der Waals surface area (Å²) < 4.78 is 13.1. The second-order valence-electron chi connectivity index (χ2n) is 7.15. The zero-order chi connectivity index (χ0) is 18.8. The summed E-state index contributed by atoms with van der Waals surface area (Å²) in [6.45, 7) is 4.91. The van der Waals surface area contributed by atoms with E-state index in [9.17, 15) is 0 Å².